The maximum Gasteiger partial charge on any atom is 0.317 e. The Balaban J connectivity index is 1.73. The third-order valence-corrected chi connectivity index (χ3v) is 3.04. The third kappa shape index (κ3) is 3.85. The number of carboxylic acids is 1. The molecular formula is C10H17N5O2. The van der Waals surface area contributed by atoms with Crippen molar-refractivity contribution >= 4 is 5.97 Å². The molecule has 1 N–H and O–H groups in total. The van der Waals surface area contributed by atoms with Gasteiger partial charge in [-0.2, -0.15) is 20.5 Å². The van der Waals surface area contributed by atoms with Crippen LogP contribution in [-0.4, -0.2) is 46.9 Å². The molecule has 2 aliphatic heterocycles. The van der Waals surface area contributed by atoms with Crippen molar-refractivity contribution in [2.24, 2.45) is 20.5 Å². The molecule has 0 saturated heterocycles. The van der Waals surface area contributed by atoms with Crippen molar-refractivity contribution in [2.45, 2.75) is 38.0 Å². The van der Waals surface area contributed by atoms with Crippen LogP contribution < -0.4 is 0 Å². The van der Waals surface area contributed by atoms with Gasteiger partial charge in [-0.25, -0.2) is 0 Å². The summed E-state index contributed by atoms with van der Waals surface area (Å²) in [7, 11) is 0. The van der Waals surface area contributed by atoms with E-state index >= 15 is 0 Å². The van der Waals surface area contributed by atoms with Gasteiger partial charge >= 0.3 is 5.97 Å². The molecule has 0 atom stereocenters. The molecule has 94 valence electrons. The van der Waals surface area contributed by atoms with Gasteiger partial charge in [0.25, 0.3) is 0 Å². The van der Waals surface area contributed by atoms with E-state index in [1.807, 2.05) is 18.7 Å². The lowest BCUT2D eigenvalue weighted by atomic mass is 10.1. The summed E-state index contributed by atoms with van der Waals surface area (Å²) in [5.74, 6) is -0.811. The predicted molar refractivity (Wildman–Crippen MR) is 59.8 cm³/mol. The first-order valence-corrected chi connectivity index (χ1v) is 5.73. The zero-order chi connectivity index (χ0) is 12.5. The second kappa shape index (κ2) is 4.14. The van der Waals surface area contributed by atoms with Gasteiger partial charge in [0.05, 0.1) is 6.54 Å². The van der Waals surface area contributed by atoms with E-state index in [9.17, 15) is 4.79 Å². The minimum atomic E-state index is -0.811. The molecule has 0 aromatic heterocycles. The van der Waals surface area contributed by atoms with E-state index in [0.717, 1.165) is 12.8 Å². The fraction of sp³-hybridized carbons (Fsp3) is 0.900. The lowest BCUT2D eigenvalue weighted by Crippen LogP contribution is -2.35. The Morgan fingerprint density at radius 3 is 1.76 bits per heavy atom. The van der Waals surface area contributed by atoms with E-state index in [2.05, 4.69) is 20.5 Å². The van der Waals surface area contributed by atoms with E-state index < -0.39 is 5.97 Å². The molecule has 2 aliphatic rings. The maximum atomic E-state index is 10.8. The minimum absolute atomic E-state index is 0.0478. The Morgan fingerprint density at radius 2 is 1.47 bits per heavy atom. The summed E-state index contributed by atoms with van der Waals surface area (Å²) in [4.78, 5) is 12.6. The second-order valence-electron chi connectivity index (χ2n) is 5.00. The fourth-order valence-corrected chi connectivity index (χ4v) is 1.57. The van der Waals surface area contributed by atoms with Gasteiger partial charge in [0, 0.05) is 25.9 Å². The van der Waals surface area contributed by atoms with Crippen molar-refractivity contribution in [1.29, 1.82) is 0 Å². The molecule has 2 heterocycles. The molecule has 0 bridgehead atoms. The van der Waals surface area contributed by atoms with Gasteiger partial charge in [0.1, 0.15) is 0 Å². The van der Waals surface area contributed by atoms with Gasteiger partial charge in [0.15, 0.2) is 11.3 Å². The van der Waals surface area contributed by atoms with E-state index in [-0.39, 0.29) is 17.9 Å². The van der Waals surface area contributed by atoms with Crippen molar-refractivity contribution in [3.05, 3.63) is 0 Å². The van der Waals surface area contributed by atoms with Gasteiger partial charge in [-0.15, -0.1) is 0 Å². The first-order valence-electron chi connectivity index (χ1n) is 5.73. The Labute approximate surface area is 99.6 Å². The summed E-state index contributed by atoms with van der Waals surface area (Å²) in [5, 5.41) is 24.5. The molecule has 7 nitrogen and oxygen atoms in total. The highest BCUT2D eigenvalue weighted by Gasteiger charge is 2.36. The minimum Gasteiger partial charge on any atom is -0.480 e. The summed E-state index contributed by atoms with van der Waals surface area (Å²) < 4.78 is 0. The molecule has 2 rings (SSSR count). The first-order chi connectivity index (χ1) is 7.91. The molecule has 0 fully saturated rings. The SMILES string of the molecule is CC1(CCN(CCC2(C)N=N2)CC(=O)O)N=N1. The Morgan fingerprint density at radius 1 is 1.06 bits per heavy atom. The summed E-state index contributed by atoms with van der Waals surface area (Å²) in [6, 6.07) is 0. The fourth-order valence-electron chi connectivity index (χ4n) is 1.57. The number of nitrogens with zero attached hydrogens (tertiary/aromatic N) is 5. The highest BCUT2D eigenvalue weighted by atomic mass is 16.4. The van der Waals surface area contributed by atoms with Crippen LogP contribution >= 0.6 is 0 Å². The monoisotopic (exact) mass is 239 g/mol. The van der Waals surface area contributed by atoms with Crippen molar-refractivity contribution in [3.8, 4) is 0 Å². The highest BCUT2D eigenvalue weighted by Crippen LogP contribution is 2.32. The van der Waals surface area contributed by atoms with Gasteiger partial charge in [-0.1, -0.05) is 0 Å². The average Bonchev–Trinajstić information content (AvgIpc) is 3.13. The average molecular weight is 239 g/mol. The van der Waals surface area contributed by atoms with Crippen LogP contribution in [0.25, 0.3) is 0 Å². The van der Waals surface area contributed by atoms with E-state index in [0.29, 0.717) is 13.1 Å². The molecule has 7 heteroatoms. The Kier molecular flexibility index (Phi) is 2.94. The molecule has 0 aromatic carbocycles. The smallest absolute Gasteiger partial charge is 0.317 e. The molecule has 0 spiro atoms. The number of aliphatic carboxylic acids is 1. The summed E-state index contributed by atoms with van der Waals surface area (Å²) in [6.45, 7) is 5.31. The molecule has 0 aliphatic carbocycles. The predicted octanol–water partition coefficient (Wildman–Crippen LogP) is 1.52. The van der Waals surface area contributed by atoms with E-state index in [1.165, 1.54) is 0 Å². The van der Waals surface area contributed by atoms with Crippen LogP contribution in [0.1, 0.15) is 26.7 Å². The van der Waals surface area contributed by atoms with Gasteiger partial charge in [-0.3, -0.25) is 9.69 Å². The molecule has 0 unspecified atom stereocenters. The lowest BCUT2D eigenvalue weighted by molar-refractivity contribution is -0.138. The lowest BCUT2D eigenvalue weighted by Gasteiger charge is -2.21. The topological polar surface area (TPSA) is 90.0 Å². The van der Waals surface area contributed by atoms with Crippen molar-refractivity contribution < 1.29 is 9.90 Å². The molecule has 17 heavy (non-hydrogen) atoms. The summed E-state index contributed by atoms with van der Waals surface area (Å²) >= 11 is 0. The van der Waals surface area contributed by atoms with Crippen LogP contribution in [0.15, 0.2) is 20.5 Å². The molecule has 0 saturated carbocycles. The van der Waals surface area contributed by atoms with E-state index in [4.69, 9.17) is 5.11 Å². The van der Waals surface area contributed by atoms with Gasteiger partial charge in [0.2, 0.25) is 0 Å². The number of carbonyl (C=O) groups is 1. The highest BCUT2D eigenvalue weighted by molar-refractivity contribution is 5.69. The number of hydrogen-bond acceptors (Lipinski definition) is 6. The summed E-state index contributed by atoms with van der Waals surface area (Å²) in [5.41, 5.74) is -0.538. The standard InChI is InChI=1S/C10H17N5O2/c1-9(11-12-9)3-5-15(7-8(16)17)6-4-10(2)13-14-10/h3-7H2,1-2H3,(H,16,17). The Bertz CT molecular complexity index is 339. The largest absolute Gasteiger partial charge is 0.480 e. The van der Waals surface area contributed by atoms with Crippen molar-refractivity contribution in [2.75, 3.05) is 19.6 Å². The second-order valence-corrected chi connectivity index (χ2v) is 5.00. The zero-order valence-corrected chi connectivity index (χ0v) is 10.1. The summed E-state index contributed by atoms with van der Waals surface area (Å²) in [6.07, 6.45) is 1.54. The third-order valence-electron chi connectivity index (χ3n) is 3.04. The molecule has 0 amide bonds. The van der Waals surface area contributed by atoms with Crippen LogP contribution in [-0.2, 0) is 4.79 Å². The van der Waals surface area contributed by atoms with Crippen LogP contribution in [0.3, 0.4) is 0 Å². The van der Waals surface area contributed by atoms with Crippen LogP contribution in [0.2, 0.25) is 0 Å². The van der Waals surface area contributed by atoms with Gasteiger partial charge in [-0.05, 0) is 13.8 Å². The van der Waals surface area contributed by atoms with Gasteiger partial charge < -0.3 is 5.11 Å². The molecule has 0 radical (unpaired) electrons. The number of hydrogen-bond donors (Lipinski definition) is 1. The van der Waals surface area contributed by atoms with Crippen molar-refractivity contribution in [3.63, 3.8) is 0 Å². The molecular weight excluding hydrogens is 222 g/mol. The van der Waals surface area contributed by atoms with Crippen LogP contribution in [0.4, 0.5) is 0 Å². The maximum absolute atomic E-state index is 10.8. The first kappa shape index (κ1) is 12.1. The van der Waals surface area contributed by atoms with E-state index in [1.54, 1.807) is 0 Å². The number of carboxylic acid groups (broad SMARTS) is 1. The van der Waals surface area contributed by atoms with Crippen molar-refractivity contribution in [1.82, 2.24) is 4.90 Å². The Hall–Kier alpha value is -1.37. The quantitative estimate of drug-likeness (QED) is 0.696. The van der Waals surface area contributed by atoms with Crippen LogP contribution in [0, 0.1) is 0 Å². The number of rotatable bonds is 8. The zero-order valence-electron chi connectivity index (χ0n) is 10.1. The molecule has 0 aromatic rings. The normalized spacial score (nSPS) is 21.8. The van der Waals surface area contributed by atoms with Crippen LogP contribution in [0.5, 0.6) is 0 Å².